The highest BCUT2D eigenvalue weighted by Crippen LogP contribution is 2.46. The van der Waals surface area contributed by atoms with Crippen molar-refractivity contribution in [2.24, 2.45) is 0 Å². The van der Waals surface area contributed by atoms with Crippen LogP contribution >= 0.6 is 15.9 Å². The lowest BCUT2D eigenvalue weighted by molar-refractivity contribution is -0.116. The molecule has 0 amide bonds. The Morgan fingerprint density at radius 2 is 2.03 bits per heavy atom. The van der Waals surface area contributed by atoms with Crippen LogP contribution in [-0.2, 0) is 9.59 Å². The van der Waals surface area contributed by atoms with E-state index in [0.29, 0.717) is 35.7 Å². The Morgan fingerprint density at radius 1 is 1.31 bits per heavy atom. The first-order valence-electron chi connectivity index (χ1n) is 10.1. The number of rotatable bonds is 6. The number of ether oxygens (including phenoxy) is 2. The molecule has 1 heterocycles. The van der Waals surface area contributed by atoms with Gasteiger partial charge in [-0.05, 0) is 81.1 Å². The average molecular weight is 462 g/mol. The summed E-state index contributed by atoms with van der Waals surface area (Å²) in [5.74, 6) is 0.900. The van der Waals surface area contributed by atoms with Crippen LogP contribution in [0.2, 0.25) is 0 Å². The molecule has 0 spiro atoms. The zero-order chi connectivity index (χ0) is 21.3. The lowest BCUT2D eigenvalue weighted by Crippen LogP contribution is -2.33. The molecule has 1 N–H and O–H groups in total. The number of halogens is 1. The second kappa shape index (κ2) is 8.74. The number of Topliss-reactive ketones (excluding diaryl/α,β-unsaturated/α-hetero) is 2. The van der Waals surface area contributed by atoms with E-state index >= 15 is 0 Å². The van der Waals surface area contributed by atoms with Gasteiger partial charge in [0.1, 0.15) is 0 Å². The van der Waals surface area contributed by atoms with E-state index < -0.39 is 5.92 Å². The van der Waals surface area contributed by atoms with Crippen LogP contribution in [0.3, 0.4) is 0 Å². The molecule has 0 radical (unpaired) electrons. The number of nitrogens with one attached hydrogen (secondary N) is 1. The van der Waals surface area contributed by atoms with E-state index in [1.54, 1.807) is 6.92 Å². The lowest BCUT2D eigenvalue weighted by Gasteiger charge is -2.34. The Morgan fingerprint density at radius 3 is 2.66 bits per heavy atom. The lowest BCUT2D eigenvalue weighted by atomic mass is 9.74. The molecule has 0 saturated heterocycles. The maximum atomic E-state index is 12.9. The fraction of sp³-hybridized carbons (Fsp3) is 0.478. The maximum absolute atomic E-state index is 12.9. The summed E-state index contributed by atoms with van der Waals surface area (Å²) in [6.07, 6.45) is 2.14. The molecule has 2 aliphatic rings. The van der Waals surface area contributed by atoms with E-state index in [1.807, 2.05) is 39.8 Å². The molecule has 0 unspecified atom stereocenters. The fourth-order valence-electron chi connectivity index (χ4n) is 4.15. The predicted molar refractivity (Wildman–Crippen MR) is 116 cm³/mol. The summed E-state index contributed by atoms with van der Waals surface area (Å²) in [5.41, 5.74) is 3.94. The third-order valence-electron chi connectivity index (χ3n) is 5.17. The van der Waals surface area contributed by atoms with Crippen LogP contribution in [0.15, 0.2) is 39.1 Å². The Balaban J connectivity index is 2.21. The summed E-state index contributed by atoms with van der Waals surface area (Å²) in [6.45, 7) is 9.78. The van der Waals surface area contributed by atoms with Gasteiger partial charge in [0.25, 0.3) is 0 Å². The molecule has 1 aromatic carbocycles. The van der Waals surface area contributed by atoms with E-state index in [2.05, 4.69) is 21.2 Å². The quantitative estimate of drug-likeness (QED) is 0.630. The molecule has 5 nitrogen and oxygen atoms in total. The van der Waals surface area contributed by atoms with Crippen LogP contribution in [0.5, 0.6) is 11.5 Å². The SMILES string of the molecule is CCOc1cc([C@H]2C(C(C)=O)=C(C)NC3=C2C(=O)CCC3)cc(Br)c1OC(C)C. The monoisotopic (exact) mass is 461 g/mol. The topological polar surface area (TPSA) is 64.6 Å². The molecule has 6 heteroatoms. The molecule has 3 rings (SSSR count). The molecule has 0 aromatic heterocycles. The van der Waals surface area contributed by atoms with E-state index in [0.717, 1.165) is 34.3 Å². The molecule has 0 bridgehead atoms. The number of hydrogen-bond donors (Lipinski definition) is 1. The minimum Gasteiger partial charge on any atom is -0.490 e. The minimum atomic E-state index is -0.403. The molecule has 1 aliphatic heterocycles. The van der Waals surface area contributed by atoms with Gasteiger partial charge in [-0.15, -0.1) is 0 Å². The number of hydrogen-bond acceptors (Lipinski definition) is 5. The van der Waals surface area contributed by atoms with Crippen molar-refractivity contribution in [3.63, 3.8) is 0 Å². The number of dihydropyridines is 1. The molecule has 1 atom stereocenters. The van der Waals surface area contributed by atoms with Crippen LogP contribution in [0.1, 0.15) is 65.4 Å². The number of benzene rings is 1. The third kappa shape index (κ3) is 4.27. The van der Waals surface area contributed by atoms with Crippen molar-refractivity contribution in [2.45, 2.75) is 65.9 Å². The molecular weight excluding hydrogens is 434 g/mol. The van der Waals surface area contributed by atoms with Crippen molar-refractivity contribution in [3.8, 4) is 11.5 Å². The zero-order valence-electron chi connectivity index (χ0n) is 17.6. The first kappa shape index (κ1) is 21.6. The van der Waals surface area contributed by atoms with Gasteiger partial charge in [-0.1, -0.05) is 0 Å². The molecule has 1 aliphatic carbocycles. The van der Waals surface area contributed by atoms with Crippen LogP contribution in [0.4, 0.5) is 0 Å². The van der Waals surface area contributed by atoms with Crippen LogP contribution in [0.25, 0.3) is 0 Å². The van der Waals surface area contributed by atoms with Gasteiger partial charge in [-0.3, -0.25) is 9.59 Å². The Labute approximate surface area is 180 Å². The molecule has 156 valence electrons. The first-order chi connectivity index (χ1) is 13.7. The Bertz CT molecular complexity index is 914. The number of carbonyl (C=O) groups is 2. The predicted octanol–water partition coefficient (Wildman–Crippen LogP) is 5.19. The van der Waals surface area contributed by atoms with Crippen molar-refractivity contribution < 1.29 is 19.1 Å². The van der Waals surface area contributed by atoms with Gasteiger partial charge < -0.3 is 14.8 Å². The maximum Gasteiger partial charge on any atom is 0.175 e. The van der Waals surface area contributed by atoms with Gasteiger partial charge in [0.2, 0.25) is 0 Å². The highest BCUT2D eigenvalue weighted by atomic mass is 79.9. The molecule has 1 aromatic rings. The smallest absolute Gasteiger partial charge is 0.175 e. The summed E-state index contributed by atoms with van der Waals surface area (Å²) < 4.78 is 12.6. The van der Waals surface area contributed by atoms with Crippen LogP contribution < -0.4 is 14.8 Å². The molecule has 0 saturated carbocycles. The number of carbonyl (C=O) groups excluding carboxylic acids is 2. The molecule has 0 fully saturated rings. The van der Waals surface area contributed by atoms with Gasteiger partial charge in [-0.2, -0.15) is 0 Å². The summed E-state index contributed by atoms with van der Waals surface area (Å²) in [6, 6.07) is 3.85. The first-order valence-corrected chi connectivity index (χ1v) is 10.9. The molecular formula is C23H28BrNO4. The minimum absolute atomic E-state index is 0.0145. The zero-order valence-corrected chi connectivity index (χ0v) is 19.2. The average Bonchev–Trinajstić information content (AvgIpc) is 2.63. The van der Waals surface area contributed by atoms with Crippen LogP contribution in [-0.4, -0.2) is 24.3 Å². The second-order valence-corrected chi connectivity index (χ2v) is 8.61. The van der Waals surface area contributed by atoms with Gasteiger partial charge in [0.15, 0.2) is 23.1 Å². The van der Waals surface area contributed by atoms with Gasteiger partial charge in [-0.25, -0.2) is 0 Å². The normalized spacial score (nSPS) is 19.3. The Kier molecular flexibility index (Phi) is 6.52. The largest absolute Gasteiger partial charge is 0.490 e. The summed E-state index contributed by atoms with van der Waals surface area (Å²) in [7, 11) is 0. The highest BCUT2D eigenvalue weighted by Gasteiger charge is 2.38. The second-order valence-electron chi connectivity index (χ2n) is 7.75. The van der Waals surface area contributed by atoms with E-state index in [9.17, 15) is 9.59 Å². The third-order valence-corrected chi connectivity index (χ3v) is 5.76. The van der Waals surface area contributed by atoms with Gasteiger partial charge in [0.05, 0.1) is 17.2 Å². The van der Waals surface area contributed by atoms with Crippen molar-refractivity contribution in [2.75, 3.05) is 6.61 Å². The highest BCUT2D eigenvalue weighted by molar-refractivity contribution is 9.10. The van der Waals surface area contributed by atoms with E-state index in [-0.39, 0.29) is 17.7 Å². The van der Waals surface area contributed by atoms with E-state index in [1.165, 1.54) is 0 Å². The van der Waals surface area contributed by atoms with Crippen molar-refractivity contribution in [3.05, 3.63) is 44.7 Å². The van der Waals surface area contributed by atoms with Gasteiger partial charge in [0, 0.05) is 34.9 Å². The number of ketones is 2. The van der Waals surface area contributed by atoms with E-state index in [4.69, 9.17) is 9.47 Å². The summed E-state index contributed by atoms with van der Waals surface area (Å²) in [5, 5.41) is 3.32. The van der Waals surface area contributed by atoms with Crippen molar-refractivity contribution in [1.29, 1.82) is 0 Å². The van der Waals surface area contributed by atoms with Crippen molar-refractivity contribution in [1.82, 2.24) is 5.32 Å². The molecule has 29 heavy (non-hydrogen) atoms. The standard InChI is InChI=1S/C23H28BrNO4/c1-6-28-19-11-15(10-16(24)23(19)29-12(2)3)21-20(14(5)26)13(4)25-17-8-7-9-18(27)22(17)21/h10-12,21,25H,6-9H2,1-5H3/t21-/m0/s1. The van der Waals surface area contributed by atoms with Gasteiger partial charge >= 0.3 is 0 Å². The summed E-state index contributed by atoms with van der Waals surface area (Å²) >= 11 is 3.62. The van der Waals surface area contributed by atoms with Crippen molar-refractivity contribution >= 4 is 27.5 Å². The summed E-state index contributed by atoms with van der Waals surface area (Å²) in [4.78, 5) is 25.5. The number of allylic oxidation sites excluding steroid dienone is 4. The van der Waals surface area contributed by atoms with Crippen LogP contribution in [0, 0.1) is 0 Å². The Hall–Kier alpha value is -2.08. The fourth-order valence-corrected chi connectivity index (χ4v) is 4.70.